The van der Waals surface area contributed by atoms with E-state index < -0.39 is 0 Å². The van der Waals surface area contributed by atoms with Crippen molar-refractivity contribution in [1.82, 2.24) is 0 Å². The van der Waals surface area contributed by atoms with E-state index in [0.717, 1.165) is 78.0 Å². The molecule has 0 aliphatic carbocycles. The Bertz CT molecular complexity index is 3270. The van der Waals surface area contributed by atoms with Crippen molar-refractivity contribution < 1.29 is 4.42 Å². The normalized spacial score (nSPS) is 11.3. The van der Waals surface area contributed by atoms with Crippen LogP contribution in [0, 0.1) is 0 Å². The number of para-hydroxylation sites is 1. The zero-order valence-corrected chi connectivity index (χ0v) is 33.4. The van der Waals surface area contributed by atoms with Crippen LogP contribution in [0.15, 0.2) is 247 Å². The molecule has 0 unspecified atom stereocenters. The van der Waals surface area contributed by atoms with Crippen molar-refractivity contribution in [1.29, 1.82) is 0 Å². The lowest BCUT2D eigenvalue weighted by molar-refractivity contribution is 0.673. The minimum Gasteiger partial charge on any atom is -0.453 e. The highest BCUT2D eigenvalue weighted by molar-refractivity contribution is 6.18. The van der Waals surface area contributed by atoms with E-state index in [-0.39, 0.29) is 0 Å². The summed E-state index contributed by atoms with van der Waals surface area (Å²) in [5.74, 6) is 0. The van der Waals surface area contributed by atoms with Crippen LogP contribution in [0.3, 0.4) is 0 Å². The summed E-state index contributed by atoms with van der Waals surface area (Å²) in [5, 5.41) is 4.35. The van der Waals surface area contributed by atoms with Crippen LogP contribution >= 0.6 is 0 Å². The number of furan rings is 1. The van der Waals surface area contributed by atoms with E-state index in [1.54, 1.807) is 0 Å². The van der Waals surface area contributed by atoms with Crippen molar-refractivity contribution >= 4 is 66.8 Å². The summed E-state index contributed by atoms with van der Waals surface area (Å²) in [7, 11) is 0. The zero-order valence-electron chi connectivity index (χ0n) is 33.4. The van der Waals surface area contributed by atoms with Gasteiger partial charge in [0.1, 0.15) is 5.58 Å². The Hall–Kier alpha value is -8.14. The predicted octanol–water partition coefficient (Wildman–Crippen LogP) is 16.7. The highest BCUT2D eigenvalue weighted by Crippen LogP contribution is 2.48. The maximum atomic E-state index is 7.14. The summed E-state index contributed by atoms with van der Waals surface area (Å²) in [4.78, 5) is 4.72. The smallest absolute Gasteiger partial charge is 0.159 e. The van der Waals surface area contributed by atoms with Crippen LogP contribution in [-0.2, 0) is 0 Å². The van der Waals surface area contributed by atoms with E-state index in [1.165, 1.54) is 22.3 Å². The van der Waals surface area contributed by atoms with Gasteiger partial charge < -0.3 is 14.2 Å². The second kappa shape index (κ2) is 15.6. The van der Waals surface area contributed by atoms with E-state index in [2.05, 4.69) is 252 Å². The van der Waals surface area contributed by atoms with Crippen LogP contribution in [0.1, 0.15) is 0 Å². The minimum atomic E-state index is 0.823. The molecule has 1 heterocycles. The van der Waals surface area contributed by atoms with Gasteiger partial charge in [0.15, 0.2) is 5.58 Å². The monoisotopic (exact) mass is 780 g/mol. The van der Waals surface area contributed by atoms with Gasteiger partial charge in [0.05, 0.1) is 5.69 Å². The van der Waals surface area contributed by atoms with Crippen LogP contribution in [0.5, 0.6) is 0 Å². The second-order valence-electron chi connectivity index (χ2n) is 15.4. The average molecular weight is 781 g/mol. The van der Waals surface area contributed by atoms with Crippen molar-refractivity contribution in [3.05, 3.63) is 243 Å². The van der Waals surface area contributed by atoms with Gasteiger partial charge in [0, 0.05) is 44.6 Å². The molecular weight excluding hydrogens is 741 g/mol. The maximum absolute atomic E-state index is 7.14. The fourth-order valence-corrected chi connectivity index (χ4v) is 8.64. The first kappa shape index (κ1) is 36.0. The minimum absolute atomic E-state index is 0.823. The molecule has 288 valence electrons. The molecule has 0 amide bonds. The summed E-state index contributed by atoms with van der Waals surface area (Å²) in [6, 6.07) is 86.5. The Balaban J connectivity index is 1.18. The maximum Gasteiger partial charge on any atom is 0.159 e. The van der Waals surface area contributed by atoms with Gasteiger partial charge in [0.25, 0.3) is 0 Å². The summed E-state index contributed by atoms with van der Waals surface area (Å²) < 4.78 is 7.14. The predicted molar refractivity (Wildman–Crippen MR) is 257 cm³/mol. The van der Waals surface area contributed by atoms with E-state index >= 15 is 0 Å². The lowest BCUT2D eigenvalue weighted by Crippen LogP contribution is -2.13. The molecule has 0 aliphatic heterocycles. The third-order valence-electron chi connectivity index (χ3n) is 11.6. The zero-order chi connectivity index (χ0) is 40.5. The molecular formula is C58H40N2O. The van der Waals surface area contributed by atoms with E-state index in [1.807, 2.05) is 0 Å². The molecule has 11 aromatic rings. The van der Waals surface area contributed by atoms with Gasteiger partial charge in [-0.2, -0.15) is 0 Å². The topological polar surface area (TPSA) is 19.6 Å². The third-order valence-corrected chi connectivity index (χ3v) is 11.6. The summed E-state index contributed by atoms with van der Waals surface area (Å²) in [6.07, 6.45) is 0. The quantitative estimate of drug-likeness (QED) is 0.145. The highest BCUT2D eigenvalue weighted by Gasteiger charge is 2.25. The van der Waals surface area contributed by atoms with Gasteiger partial charge in [0.2, 0.25) is 0 Å². The molecule has 0 atom stereocenters. The number of benzene rings is 10. The Morgan fingerprint density at radius 2 is 0.721 bits per heavy atom. The standard InChI is InChI=1S/C58H40N2O/c1-5-16-41(17-6-1)44-28-33-49(34-29-44)59(51-26-15-23-47(38-51)43-20-9-3-10-21-43)52-39-55-54-37-32-46-22-13-14-27-53(46)57(54)61-58(55)56(40-52)60(48-24-11-4-12-25-48)50-35-30-45(31-36-50)42-18-7-2-8-19-42/h1-40H. The van der Waals surface area contributed by atoms with Crippen LogP contribution in [0.25, 0.3) is 66.1 Å². The molecule has 0 radical (unpaired) electrons. The molecule has 1 aromatic heterocycles. The molecule has 0 N–H and O–H groups in total. The number of anilines is 6. The largest absolute Gasteiger partial charge is 0.453 e. The van der Waals surface area contributed by atoms with Crippen molar-refractivity contribution in [3.8, 4) is 33.4 Å². The van der Waals surface area contributed by atoms with Crippen molar-refractivity contribution in [3.63, 3.8) is 0 Å². The molecule has 3 heteroatoms. The number of nitrogens with zero attached hydrogens (tertiary/aromatic N) is 2. The van der Waals surface area contributed by atoms with Crippen LogP contribution < -0.4 is 9.80 Å². The van der Waals surface area contributed by atoms with Gasteiger partial charge in [-0.25, -0.2) is 0 Å². The molecule has 0 fully saturated rings. The molecule has 0 aliphatic rings. The Morgan fingerprint density at radius 1 is 0.246 bits per heavy atom. The fraction of sp³-hybridized carbons (Fsp3) is 0. The summed E-state index contributed by atoms with van der Waals surface area (Å²) in [6.45, 7) is 0. The van der Waals surface area contributed by atoms with Crippen molar-refractivity contribution in [2.24, 2.45) is 0 Å². The molecule has 11 rings (SSSR count). The number of fused-ring (bicyclic) bond motifs is 5. The molecule has 3 nitrogen and oxygen atoms in total. The fourth-order valence-electron chi connectivity index (χ4n) is 8.64. The van der Waals surface area contributed by atoms with E-state index in [0.29, 0.717) is 0 Å². The second-order valence-corrected chi connectivity index (χ2v) is 15.4. The number of hydrogen-bond donors (Lipinski definition) is 0. The number of rotatable bonds is 9. The summed E-state index contributed by atoms with van der Waals surface area (Å²) in [5.41, 5.74) is 14.8. The molecule has 10 aromatic carbocycles. The van der Waals surface area contributed by atoms with Gasteiger partial charge >= 0.3 is 0 Å². The SMILES string of the molecule is c1ccc(-c2ccc(N(c3cccc(-c4ccccc4)c3)c3cc(N(c4ccccc4)c4ccc(-c5ccccc5)cc4)c4oc5c6ccccc6ccc5c4c3)cc2)cc1. The highest BCUT2D eigenvalue weighted by atomic mass is 16.3. The lowest BCUT2D eigenvalue weighted by Gasteiger charge is -2.30. The first-order valence-corrected chi connectivity index (χ1v) is 20.7. The Kier molecular flexibility index (Phi) is 9.18. The average Bonchev–Trinajstić information content (AvgIpc) is 3.73. The van der Waals surface area contributed by atoms with Crippen LogP contribution in [0.2, 0.25) is 0 Å². The summed E-state index contributed by atoms with van der Waals surface area (Å²) >= 11 is 0. The molecule has 0 saturated carbocycles. The number of hydrogen-bond acceptors (Lipinski definition) is 3. The molecule has 0 spiro atoms. The lowest BCUT2D eigenvalue weighted by atomic mass is 10.0. The van der Waals surface area contributed by atoms with E-state index in [4.69, 9.17) is 4.42 Å². The van der Waals surface area contributed by atoms with Gasteiger partial charge in [-0.3, -0.25) is 0 Å². The molecule has 0 bridgehead atoms. The van der Waals surface area contributed by atoms with Gasteiger partial charge in [-0.1, -0.05) is 176 Å². The Labute approximate surface area is 355 Å². The van der Waals surface area contributed by atoms with Crippen LogP contribution in [0.4, 0.5) is 34.1 Å². The Morgan fingerprint density at radius 3 is 1.34 bits per heavy atom. The first-order chi connectivity index (χ1) is 30.2. The molecule has 0 saturated heterocycles. The van der Waals surface area contributed by atoms with E-state index in [9.17, 15) is 0 Å². The van der Waals surface area contributed by atoms with Crippen LogP contribution in [-0.4, -0.2) is 0 Å². The van der Waals surface area contributed by atoms with Gasteiger partial charge in [-0.05, 0) is 105 Å². The first-order valence-electron chi connectivity index (χ1n) is 20.7. The molecule has 61 heavy (non-hydrogen) atoms. The van der Waals surface area contributed by atoms with Gasteiger partial charge in [-0.15, -0.1) is 0 Å². The van der Waals surface area contributed by atoms with Crippen molar-refractivity contribution in [2.75, 3.05) is 9.80 Å². The van der Waals surface area contributed by atoms with Crippen molar-refractivity contribution in [2.45, 2.75) is 0 Å². The third kappa shape index (κ3) is 6.78.